The topological polar surface area (TPSA) is 45.5 Å². The van der Waals surface area contributed by atoms with Crippen LogP contribution >= 0.6 is 11.3 Å². The van der Waals surface area contributed by atoms with Crippen molar-refractivity contribution in [1.29, 1.82) is 0 Å². The highest BCUT2D eigenvalue weighted by atomic mass is 32.1. The van der Waals surface area contributed by atoms with E-state index in [2.05, 4.69) is 264 Å². The van der Waals surface area contributed by atoms with Crippen LogP contribution in [0.3, 0.4) is 0 Å². The van der Waals surface area contributed by atoms with E-state index in [1.165, 1.54) is 65.3 Å². The molecule has 16 rings (SSSR count). The van der Waals surface area contributed by atoms with E-state index >= 15 is 0 Å². The van der Waals surface area contributed by atoms with E-state index in [-0.39, 0.29) is 0 Å². The van der Waals surface area contributed by atoms with Crippen LogP contribution < -0.4 is 0 Å². The molecule has 6 nitrogen and oxygen atoms in total. The minimum atomic E-state index is 0.811. The molecule has 6 aromatic heterocycles. The number of hydrogen-bond donors (Lipinski definition) is 0. The zero-order valence-corrected chi connectivity index (χ0v) is 43.7. The fraction of sp³-hybridized carbons (Fsp3) is 0.0571. The average molecular weight is 1010 g/mol. The van der Waals surface area contributed by atoms with Gasteiger partial charge in [0.15, 0.2) is 11.6 Å². The molecule has 6 heterocycles. The van der Waals surface area contributed by atoms with E-state index in [1.54, 1.807) is 11.3 Å². The molecule has 77 heavy (non-hydrogen) atoms. The third-order valence-electron chi connectivity index (χ3n) is 16.0. The molecule has 7 heteroatoms. The number of pyridine rings is 1. The van der Waals surface area contributed by atoms with Crippen molar-refractivity contribution >= 4 is 109 Å². The first-order valence-corrected chi connectivity index (χ1v) is 27.2. The van der Waals surface area contributed by atoms with Gasteiger partial charge in [-0.05, 0) is 118 Å². The molecule has 0 fully saturated rings. The summed E-state index contributed by atoms with van der Waals surface area (Å²) in [5.74, 6) is 1.62. The normalized spacial score (nSPS) is 12.2. The van der Waals surface area contributed by atoms with Crippen LogP contribution in [0.2, 0.25) is 0 Å². The van der Waals surface area contributed by atoms with Gasteiger partial charge in [0.05, 0.1) is 54.4 Å². The summed E-state index contributed by atoms with van der Waals surface area (Å²) in [5, 5.41) is 10.4. The maximum Gasteiger partial charge on any atom is 0.165 e. The Balaban J connectivity index is 1.24. The summed E-state index contributed by atoms with van der Waals surface area (Å²) in [7, 11) is 0. The molecule has 0 radical (unpaired) electrons. The standard InChI is InChI=1S/C70H48N6S/c1-41-29-33-60-51(37-41)45-17-7-12-24-56(45)73(60)66-65(49-21-5-6-22-50(49)70-71-55-23-11-16-28-64(55)77-70)67(74-57-25-13-8-18-46(57)52-38-42(2)30-34-61(52)74)69(76-59-27-15-10-20-48(59)54-40-44(4)32-36-63(54)76)72-68(66)75-58-26-14-9-19-47(58)53-39-43(3)31-35-62(53)75/h5-40H,1-4H3. The zero-order chi connectivity index (χ0) is 51.2. The summed E-state index contributed by atoms with van der Waals surface area (Å²) in [5.41, 5.74) is 19.5. The summed E-state index contributed by atoms with van der Waals surface area (Å²) in [4.78, 5) is 11.9. The predicted octanol–water partition coefficient (Wildman–Crippen LogP) is 18.6. The minimum absolute atomic E-state index is 0.811. The molecule has 0 amide bonds. The second-order valence-electron chi connectivity index (χ2n) is 20.9. The molecule has 364 valence electrons. The summed E-state index contributed by atoms with van der Waals surface area (Å²) < 4.78 is 11.1. The van der Waals surface area contributed by atoms with Gasteiger partial charge in [-0.25, -0.2) is 9.97 Å². The summed E-state index contributed by atoms with van der Waals surface area (Å²) in [6.45, 7) is 8.78. The Bertz CT molecular complexity index is 4880. The molecule has 0 atom stereocenters. The molecule has 0 saturated carbocycles. The second-order valence-corrected chi connectivity index (χ2v) is 21.9. The molecule has 0 aliphatic heterocycles. The Labute approximate surface area is 447 Å². The molecule has 0 unspecified atom stereocenters. The zero-order valence-electron chi connectivity index (χ0n) is 42.9. The Morgan fingerprint density at radius 3 is 1.06 bits per heavy atom. The second kappa shape index (κ2) is 16.5. The highest BCUT2D eigenvalue weighted by molar-refractivity contribution is 7.21. The largest absolute Gasteiger partial charge is 0.305 e. The molecule has 0 aliphatic rings. The molecule has 10 aromatic carbocycles. The van der Waals surface area contributed by atoms with E-state index in [4.69, 9.17) is 9.97 Å². The average Bonchev–Trinajstić information content (AvgIpc) is 4.29. The van der Waals surface area contributed by atoms with Gasteiger partial charge in [-0.3, -0.25) is 9.13 Å². The lowest BCUT2D eigenvalue weighted by Crippen LogP contribution is -2.16. The predicted molar refractivity (Wildman–Crippen MR) is 325 cm³/mol. The van der Waals surface area contributed by atoms with E-state index in [1.807, 2.05) is 0 Å². The van der Waals surface area contributed by atoms with Crippen LogP contribution in [0, 0.1) is 27.7 Å². The van der Waals surface area contributed by atoms with Crippen molar-refractivity contribution in [3.63, 3.8) is 0 Å². The van der Waals surface area contributed by atoms with Crippen LogP contribution in [0.1, 0.15) is 22.3 Å². The number of para-hydroxylation sites is 5. The van der Waals surface area contributed by atoms with Gasteiger partial charge in [-0.15, -0.1) is 11.3 Å². The quantitative estimate of drug-likeness (QED) is 0.167. The molecule has 0 aliphatic carbocycles. The van der Waals surface area contributed by atoms with Gasteiger partial charge in [0, 0.05) is 54.2 Å². The molecular formula is C70H48N6S. The molecule has 0 N–H and O–H groups in total. The van der Waals surface area contributed by atoms with Crippen molar-refractivity contribution in [2.24, 2.45) is 0 Å². The van der Waals surface area contributed by atoms with Gasteiger partial charge in [0.25, 0.3) is 0 Å². The van der Waals surface area contributed by atoms with E-state index in [0.717, 1.165) is 99.1 Å². The highest BCUT2D eigenvalue weighted by Gasteiger charge is 2.34. The first-order valence-electron chi connectivity index (χ1n) is 26.4. The van der Waals surface area contributed by atoms with Crippen LogP contribution in [0.4, 0.5) is 0 Å². The summed E-state index contributed by atoms with van der Waals surface area (Å²) in [6.07, 6.45) is 0. The van der Waals surface area contributed by atoms with Crippen molar-refractivity contribution in [2.45, 2.75) is 27.7 Å². The SMILES string of the molecule is Cc1ccc2c(c1)c1ccccc1n2-c1nc(-n2c3ccccc3c3cc(C)ccc32)c(-n2c3ccccc3c3cc(C)ccc32)c(-c2ccccc2-c2nc3ccccc3s2)c1-n1c2ccccc2c2cc(C)ccc21. The third kappa shape index (κ3) is 6.35. The smallest absolute Gasteiger partial charge is 0.165 e. The first-order chi connectivity index (χ1) is 37.9. The van der Waals surface area contributed by atoms with E-state index in [0.29, 0.717) is 0 Å². The molecular weight excluding hydrogens is 957 g/mol. The lowest BCUT2D eigenvalue weighted by atomic mass is 9.95. The number of hydrogen-bond acceptors (Lipinski definition) is 3. The molecule has 0 saturated heterocycles. The Kier molecular flexibility index (Phi) is 9.37. The van der Waals surface area contributed by atoms with Crippen LogP contribution in [-0.2, 0) is 0 Å². The summed E-state index contributed by atoms with van der Waals surface area (Å²) >= 11 is 1.74. The van der Waals surface area contributed by atoms with Crippen LogP contribution in [-0.4, -0.2) is 28.2 Å². The Hall–Kier alpha value is -9.56. The molecule has 16 aromatic rings. The van der Waals surface area contributed by atoms with Crippen molar-refractivity contribution in [1.82, 2.24) is 28.2 Å². The van der Waals surface area contributed by atoms with E-state index in [9.17, 15) is 0 Å². The van der Waals surface area contributed by atoms with Crippen molar-refractivity contribution in [3.8, 4) is 44.7 Å². The molecule has 0 bridgehead atoms. The van der Waals surface area contributed by atoms with Crippen molar-refractivity contribution < 1.29 is 0 Å². The number of thiazole rings is 1. The van der Waals surface area contributed by atoms with Crippen molar-refractivity contribution in [2.75, 3.05) is 0 Å². The fourth-order valence-electron chi connectivity index (χ4n) is 12.7. The monoisotopic (exact) mass is 1000 g/mol. The lowest BCUT2D eigenvalue weighted by molar-refractivity contribution is 0.961. The maximum absolute atomic E-state index is 6.47. The first kappa shape index (κ1) is 43.8. The Morgan fingerprint density at radius 2 is 0.636 bits per heavy atom. The number of fused-ring (bicyclic) bond motifs is 13. The highest BCUT2D eigenvalue weighted by Crippen LogP contribution is 2.51. The minimum Gasteiger partial charge on any atom is -0.305 e. The number of aromatic nitrogens is 6. The lowest BCUT2D eigenvalue weighted by Gasteiger charge is -2.27. The van der Waals surface area contributed by atoms with Gasteiger partial charge < -0.3 is 9.13 Å². The number of rotatable bonds is 6. The number of nitrogens with zero attached hydrogens (tertiary/aromatic N) is 6. The van der Waals surface area contributed by atoms with Crippen molar-refractivity contribution in [3.05, 3.63) is 241 Å². The van der Waals surface area contributed by atoms with Gasteiger partial charge in [0.2, 0.25) is 0 Å². The van der Waals surface area contributed by atoms with Crippen LogP contribution in [0.15, 0.2) is 218 Å². The molecule has 0 spiro atoms. The van der Waals surface area contributed by atoms with Crippen LogP contribution in [0.25, 0.3) is 142 Å². The van der Waals surface area contributed by atoms with Gasteiger partial charge >= 0.3 is 0 Å². The number of benzene rings is 10. The fourth-order valence-corrected chi connectivity index (χ4v) is 13.7. The maximum atomic E-state index is 6.47. The summed E-state index contributed by atoms with van der Waals surface area (Å²) in [6, 6.07) is 80.7. The van der Waals surface area contributed by atoms with Gasteiger partial charge in [-0.2, -0.15) is 0 Å². The van der Waals surface area contributed by atoms with Gasteiger partial charge in [0.1, 0.15) is 16.4 Å². The van der Waals surface area contributed by atoms with E-state index < -0.39 is 0 Å². The number of aryl methyl sites for hydroxylation is 4. The van der Waals surface area contributed by atoms with Gasteiger partial charge in [-0.1, -0.05) is 156 Å². The third-order valence-corrected chi connectivity index (χ3v) is 17.1. The Morgan fingerprint density at radius 1 is 0.299 bits per heavy atom. The van der Waals surface area contributed by atoms with Crippen LogP contribution in [0.5, 0.6) is 0 Å².